The van der Waals surface area contributed by atoms with E-state index >= 15 is 0 Å². The summed E-state index contributed by atoms with van der Waals surface area (Å²) < 4.78 is 62.7. The molecule has 0 aromatic heterocycles. The lowest BCUT2D eigenvalue weighted by Gasteiger charge is -2.25. The first kappa shape index (κ1) is 25.0. The first-order valence-electron chi connectivity index (χ1n) is 9.34. The molecule has 1 aliphatic rings. The zero-order chi connectivity index (χ0) is 24.4. The minimum absolute atomic E-state index is 0.276. The summed E-state index contributed by atoms with van der Waals surface area (Å²) in [5.41, 5.74) is 0.803. The quantitative estimate of drug-likeness (QED) is 0.509. The second kappa shape index (κ2) is 9.09. The average molecular weight is 464 g/mol. The van der Waals surface area contributed by atoms with E-state index in [4.69, 9.17) is 0 Å². The highest BCUT2D eigenvalue weighted by Crippen LogP contribution is 2.35. The Morgan fingerprint density at radius 1 is 1.09 bits per heavy atom. The number of amides is 4. The molecule has 1 aliphatic heterocycles. The molecule has 176 valence electrons. The second-order valence-electron chi connectivity index (χ2n) is 7.22. The molecule has 1 aromatic rings. The second-order valence-corrected chi connectivity index (χ2v) is 7.22. The van der Waals surface area contributed by atoms with E-state index in [1.807, 2.05) is 0 Å². The van der Waals surface area contributed by atoms with Crippen molar-refractivity contribution in [3.8, 4) is 0 Å². The summed E-state index contributed by atoms with van der Waals surface area (Å²) in [5.74, 6) is -10.4. The Balaban J connectivity index is 2.14. The van der Waals surface area contributed by atoms with E-state index in [0.29, 0.717) is 11.4 Å². The third kappa shape index (κ3) is 5.14. The van der Waals surface area contributed by atoms with Crippen molar-refractivity contribution in [2.45, 2.75) is 32.0 Å². The number of hydrogen-bond donors (Lipinski definition) is 2. The number of fused-ring (bicyclic) bond motifs is 1. The number of rotatable bonds is 5. The zero-order valence-corrected chi connectivity index (χ0v) is 17.3. The van der Waals surface area contributed by atoms with Crippen LogP contribution in [0.5, 0.6) is 0 Å². The van der Waals surface area contributed by atoms with Gasteiger partial charge in [0.1, 0.15) is 12.0 Å². The van der Waals surface area contributed by atoms with Crippen molar-refractivity contribution in [1.29, 1.82) is 0 Å². The number of nitrogens with one attached hydrogen (secondary N) is 2. The van der Waals surface area contributed by atoms with Crippen LogP contribution >= 0.6 is 0 Å². The van der Waals surface area contributed by atoms with Gasteiger partial charge in [-0.3, -0.25) is 19.2 Å². The van der Waals surface area contributed by atoms with Crippen molar-refractivity contribution in [2.24, 2.45) is 5.92 Å². The van der Waals surface area contributed by atoms with Gasteiger partial charge in [0.15, 0.2) is 0 Å². The van der Waals surface area contributed by atoms with Crippen LogP contribution in [-0.2, 0) is 19.2 Å². The largest absolute Gasteiger partial charge is 0.455 e. The number of carbonyl (C=O) groups excluding carboxylic acids is 4. The van der Waals surface area contributed by atoms with Crippen molar-refractivity contribution in [3.63, 3.8) is 0 Å². The van der Waals surface area contributed by atoms with Crippen LogP contribution in [0.3, 0.4) is 0 Å². The fraction of sp³-hybridized carbons (Fsp3) is 0.474. The summed E-state index contributed by atoms with van der Waals surface area (Å²) in [4.78, 5) is 51.8. The third-order valence-corrected chi connectivity index (χ3v) is 4.91. The number of alkyl halides is 5. The van der Waals surface area contributed by atoms with E-state index in [2.05, 4.69) is 5.32 Å². The molecule has 0 radical (unpaired) electrons. The molecule has 8 nitrogen and oxygen atoms in total. The monoisotopic (exact) mass is 464 g/mol. The Morgan fingerprint density at radius 2 is 1.66 bits per heavy atom. The Morgan fingerprint density at radius 3 is 2.19 bits per heavy atom. The van der Waals surface area contributed by atoms with E-state index in [-0.39, 0.29) is 6.54 Å². The molecule has 0 aliphatic carbocycles. The van der Waals surface area contributed by atoms with Crippen LogP contribution in [0.2, 0.25) is 0 Å². The van der Waals surface area contributed by atoms with Gasteiger partial charge < -0.3 is 20.4 Å². The SMILES string of the molecule is CC(=O)N1C[C@H](NC(=O)[C@H](C)C(=O)NCC(F)(F)C(F)(F)F)C(=O)N(C)c2ccccc21. The van der Waals surface area contributed by atoms with Gasteiger partial charge in [-0.25, -0.2) is 0 Å². The van der Waals surface area contributed by atoms with Crippen LogP contribution in [0, 0.1) is 5.92 Å². The molecular weight excluding hydrogens is 443 g/mol. The maximum Gasteiger partial charge on any atom is 0.455 e. The van der Waals surface area contributed by atoms with Gasteiger partial charge in [-0.15, -0.1) is 0 Å². The van der Waals surface area contributed by atoms with Gasteiger partial charge >= 0.3 is 12.1 Å². The van der Waals surface area contributed by atoms with Gasteiger partial charge in [0.05, 0.1) is 24.5 Å². The molecule has 0 saturated heterocycles. The highest BCUT2D eigenvalue weighted by atomic mass is 19.4. The normalized spacial score (nSPS) is 17.9. The number of likely N-dealkylation sites (N-methyl/N-ethyl adjacent to an activating group) is 1. The van der Waals surface area contributed by atoms with Gasteiger partial charge in [-0.2, -0.15) is 22.0 Å². The maximum atomic E-state index is 13.0. The predicted molar refractivity (Wildman–Crippen MR) is 103 cm³/mol. The van der Waals surface area contributed by atoms with E-state index in [1.165, 1.54) is 29.1 Å². The Kier molecular flexibility index (Phi) is 7.10. The molecular formula is C19H21F5N4O4. The Labute approximate surface area is 179 Å². The van der Waals surface area contributed by atoms with Gasteiger partial charge in [-0.05, 0) is 19.1 Å². The molecule has 0 spiro atoms. The van der Waals surface area contributed by atoms with Crippen LogP contribution in [-0.4, -0.2) is 61.9 Å². The van der Waals surface area contributed by atoms with Crippen molar-refractivity contribution < 1.29 is 41.1 Å². The molecule has 2 N–H and O–H groups in total. The first-order chi connectivity index (χ1) is 14.7. The number of para-hydroxylation sites is 2. The Hall–Kier alpha value is -3.25. The summed E-state index contributed by atoms with van der Waals surface area (Å²) in [7, 11) is 1.42. The highest BCUT2D eigenvalue weighted by Gasteiger charge is 2.57. The van der Waals surface area contributed by atoms with Crippen molar-refractivity contribution in [1.82, 2.24) is 10.6 Å². The molecule has 2 atom stereocenters. The van der Waals surface area contributed by atoms with Crippen LogP contribution in [0.4, 0.5) is 33.3 Å². The van der Waals surface area contributed by atoms with E-state index in [1.54, 1.807) is 24.3 Å². The minimum atomic E-state index is -5.87. The third-order valence-electron chi connectivity index (χ3n) is 4.91. The number of hydrogen-bond acceptors (Lipinski definition) is 4. The first-order valence-corrected chi connectivity index (χ1v) is 9.34. The molecule has 4 amide bonds. The highest BCUT2D eigenvalue weighted by molar-refractivity contribution is 6.08. The molecule has 2 rings (SSSR count). The number of anilines is 2. The predicted octanol–water partition coefficient (Wildman–Crippen LogP) is 1.45. The van der Waals surface area contributed by atoms with Gasteiger partial charge in [-0.1, -0.05) is 12.1 Å². The summed E-state index contributed by atoms with van der Waals surface area (Å²) in [6.07, 6.45) is -5.87. The summed E-state index contributed by atoms with van der Waals surface area (Å²) in [6, 6.07) is 5.18. The smallest absolute Gasteiger partial charge is 0.349 e. The van der Waals surface area contributed by atoms with Crippen LogP contribution in [0.1, 0.15) is 13.8 Å². The van der Waals surface area contributed by atoms with Gasteiger partial charge in [0.25, 0.3) is 5.91 Å². The molecule has 32 heavy (non-hydrogen) atoms. The number of benzene rings is 1. The van der Waals surface area contributed by atoms with Crippen molar-refractivity contribution >= 4 is 35.0 Å². The molecule has 0 fully saturated rings. The molecule has 0 bridgehead atoms. The fourth-order valence-electron chi connectivity index (χ4n) is 2.96. The van der Waals surface area contributed by atoms with E-state index < -0.39 is 54.2 Å². The van der Waals surface area contributed by atoms with Crippen LogP contribution in [0.15, 0.2) is 24.3 Å². The lowest BCUT2D eigenvalue weighted by Crippen LogP contribution is -2.55. The lowest BCUT2D eigenvalue weighted by molar-refractivity contribution is -0.278. The molecule has 1 heterocycles. The number of halogens is 5. The summed E-state index contributed by atoms with van der Waals surface area (Å²) in [5, 5.41) is 3.66. The van der Waals surface area contributed by atoms with Crippen molar-refractivity contribution in [3.05, 3.63) is 24.3 Å². The van der Waals surface area contributed by atoms with Crippen LogP contribution in [0.25, 0.3) is 0 Å². The zero-order valence-electron chi connectivity index (χ0n) is 17.3. The molecule has 0 saturated carbocycles. The fourth-order valence-corrected chi connectivity index (χ4v) is 2.96. The average Bonchev–Trinajstić information content (AvgIpc) is 2.81. The maximum absolute atomic E-state index is 13.0. The molecule has 0 unspecified atom stereocenters. The van der Waals surface area contributed by atoms with Gasteiger partial charge in [0.2, 0.25) is 17.7 Å². The standard InChI is InChI=1S/C19H21F5N4O4/c1-10(15(30)25-9-18(20,21)19(22,23)24)16(31)26-12-8-28(11(2)29)14-7-5-4-6-13(14)27(3)17(12)32/h4-7,10,12H,8-9H2,1-3H3,(H,25,30)(H,26,31)/t10-,12+/m1/s1. The van der Waals surface area contributed by atoms with Crippen LogP contribution < -0.4 is 20.4 Å². The van der Waals surface area contributed by atoms with Gasteiger partial charge in [0, 0.05) is 14.0 Å². The number of nitrogens with zero attached hydrogens (tertiary/aromatic N) is 2. The topological polar surface area (TPSA) is 98.8 Å². The molecule has 13 heteroatoms. The minimum Gasteiger partial charge on any atom is -0.349 e. The van der Waals surface area contributed by atoms with Crippen molar-refractivity contribution in [2.75, 3.05) is 29.9 Å². The Bertz CT molecular complexity index is 921. The number of carbonyl (C=O) groups is 4. The molecule has 1 aromatic carbocycles. The summed E-state index contributed by atoms with van der Waals surface area (Å²) in [6.45, 7) is -0.0750. The van der Waals surface area contributed by atoms with E-state index in [0.717, 1.165) is 6.92 Å². The summed E-state index contributed by atoms with van der Waals surface area (Å²) >= 11 is 0. The lowest BCUT2D eigenvalue weighted by atomic mass is 10.1. The van der Waals surface area contributed by atoms with E-state index in [9.17, 15) is 41.1 Å².